The van der Waals surface area contributed by atoms with Crippen molar-refractivity contribution in [2.45, 2.75) is 19.4 Å². The summed E-state index contributed by atoms with van der Waals surface area (Å²) >= 11 is 1.65. The van der Waals surface area contributed by atoms with Gasteiger partial charge in [-0.25, -0.2) is 4.39 Å². The van der Waals surface area contributed by atoms with Crippen molar-refractivity contribution >= 4 is 11.3 Å². The van der Waals surface area contributed by atoms with Gasteiger partial charge in [0.2, 0.25) is 0 Å². The summed E-state index contributed by atoms with van der Waals surface area (Å²) in [5.41, 5.74) is 9.24. The van der Waals surface area contributed by atoms with Gasteiger partial charge in [0, 0.05) is 6.04 Å². The van der Waals surface area contributed by atoms with E-state index in [4.69, 9.17) is 5.73 Å². The molecule has 0 spiro atoms. The van der Waals surface area contributed by atoms with Gasteiger partial charge in [-0.05, 0) is 59.0 Å². The maximum atomic E-state index is 13.1. The number of rotatable bonds is 3. The van der Waals surface area contributed by atoms with Crippen LogP contribution in [-0.2, 0) is 6.42 Å². The van der Waals surface area contributed by atoms with Crippen LogP contribution in [0.4, 0.5) is 4.39 Å². The highest BCUT2D eigenvalue weighted by atomic mass is 32.1. The molecule has 1 atom stereocenters. The SMILES string of the molecule is Cc1ccc(F)cc1C(N)Cc1ccsc1. The van der Waals surface area contributed by atoms with Crippen LogP contribution in [0.15, 0.2) is 35.0 Å². The molecule has 1 heterocycles. The lowest BCUT2D eigenvalue weighted by Crippen LogP contribution is -2.14. The zero-order valence-corrected chi connectivity index (χ0v) is 9.93. The van der Waals surface area contributed by atoms with Crippen molar-refractivity contribution in [3.8, 4) is 0 Å². The molecule has 1 aromatic heterocycles. The van der Waals surface area contributed by atoms with Crippen molar-refractivity contribution in [2.75, 3.05) is 0 Å². The second kappa shape index (κ2) is 4.76. The summed E-state index contributed by atoms with van der Waals surface area (Å²) in [4.78, 5) is 0. The number of nitrogens with two attached hydrogens (primary N) is 1. The first-order chi connectivity index (χ1) is 7.66. The van der Waals surface area contributed by atoms with E-state index in [9.17, 15) is 4.39 Å². The molecule has 1 aromatic carbocycles. The van der Waals surface area contributed by atoms with E-state index in [0.29, 0.717) is 0 Å². The van der Waals surface area contributed by atoms with E-state index in [0.717, 1.165) is 17.5 Å². The number of hydrogen-bond acceptors (Lipinski definition) is 2. The topological polar surface area (TPSA) is 26.0 Å². The molecule has 0 aliphatic heterocycles. The lowest BCUT2D eigenvalue weighted by atomic mass is 9.97. The Morgan fingerprint density at radius 2 is 2.19 bits per heavy atom. The molecule has 0 radical (unpaired) electrons. The average molecular weight is 235 g/mol. The van der Waals surface area contributed by atoms with E-state index in [2.05, 4.69) is 11.4 Å². The monoisotopic (exact) mass is 235 g/mol. The van der Waals surface area contributed by atoms with Gasteiger partial charge in [0.1, 0.15) is 5.82 Å². The van der Waals surface area contributed by atoms with E-state index in [1.807, 2.05) is 12.3 Å². The van der Waals surface area contributed by atoms with Crippen LogP contribution < -0.4 is 5.73 Å². The van der Waals surface area contributed by atoms with Gasteiger partial charge < -0.3 is 5.73 Å². The molecule has 84 valence electrons. The first kappa shape index (κ1) is 11.3. The zero-order chi connectivity index (χ0) is 11.5. The molecule has 2 aromatic rings. The van der Waals surface area contributed by atoms with Gasteiger partial charge in [0.15, 0.2) is 0 Å². The van der Waals surface area contributed by atoms with Gasteiger partial charge in [0.25, 0.3) is 0 Å². The minimum atomic E-state index is -0.221. The number of benzene rings is 1. The summed E-state index contributed by atoms with van der Waals surface area (Å²) in [6.07, 6.45) is 0.758. The molecule has 2 rings (SSSR count). The molecule has 0 aliphatic carbocycles. The number of halogens is 1. The van der Waals surface area contributed by atoms with Crippen LogP contribution in [0.3, 0.4) is 0 Å². The molecule has 2 N–H and O–H groups in total. The summed E-state index contributed by atoms with van der Waals surface area (Å²) < 4.78 is 13.1. The standard InChI is InChI=1S/C13H14FNS/c1-9-2-3-11(14)7-12(9)13(15)6-10-4-5-16-8-10/h2-5,7-8,13H,6,15H2,1H3. The fraction of sp³-hybridized carbons (Fsp3) is 0.231. The van der Waals surface area contributed by atoms with E-state index in [1.165, 1.54) is 17.7 Å². The Balaban J connectivity index is 2.20. The maximum absolute atomic E-state index is 13.1. The van der Waals surface area contributed by atoms with Gasteiger partial charge in [0.05, 0.1) is 0 Å². The van der Waals surface area contributed by atoms with Crippen LogP contribution in [0.1, 0.15) is 22.7 Å². The van der Waals surface area contributed by atoms with E-state index in [1.54, 1.807) is 17.4 Å². The Morgan fingerprint density at radius 1 is 1.38 bits per heavy atom. The third kappa shape index (κ3) is 2.49. The average Bonchev–Trinajstić information content (AvgIpc) is 2.74. The van der Waals surface area contributed by atoms with Crippen LogP contribution >= 0.6 is 11.3 Å². The van der Waals surface area contributed by atoms with E-state index in [-0.39, 0.29) is 11.9 Å². The van der Waals surface area contributed by atoms with Crippen molar-refractivity contribution in [1.29, 1.82) is 0 Å². The fourth-order valence-electron chi connectivity index (χ4n) is 1.78. The van der Waals surface area contributed by atoms with E-state index < -0.39 is 0 Å². The second-order valence-corrected chi connectivity index (χ2v) is 4.72. The zero-order valence-electron chi connectivity index (χ0n) is 9.11. The van der Waals surface area contributed by atoms with Crippen molar-refractivity contribution in [2.24, 2.45) is 5.73 Å². The summed E-state index contributed by atoms with van der Waals surface area (Å²) in [5, 5.41) is 4.11. The van der Waals surface area contributed by atoms with Crippen LogP contribution in [0.2, 0.25) is 0 Å². The minimum absolute atomic E-state index is 0.134. The minimum Gasteiger partial charge on any atom is -0.324 e. The highest BCUT2D eigenvalue weighted by Gasteiger charge is 2.11. The molecule has 16 heavy (non-hydrogen) atoms. The predicted octanol–water partition coefficient (Wildman–Crippen LogP) is 3.44. The predicted molar refractivity (Wildman–Crippen MR) is 66.1 cm³/mol. The lowest BCUT2D eigenvalue weighted by molar-refractivity contribution is 0.617. The first-order valence-corrected chi connectivity index (χ1v) is 6.14. The van der Waals surface area contributed by atoms with Crippen molar-refractivity contribution in [1.82, 2.24) is 0 Å². The van der Waals surface area contributed by atoms with Gasteiger partial charge >= 0.3 is 0 Å². The summed E-state index contributed by atoms with van der Waals surface area (Å²) in [6.45, 7) is 1.96. The maximum Gasteiger partial charge on any atom is 0.123 e. The van der Waals surface area contributed by atoms with Crippen molar-refractivity contribution < 1.29 is 4.39 Å². The molecular formula is C13H14FNS. The van der Waals surface area contributed by atoms with Crippen LogP contribution in [-0.4, -0.2) is 0 Å². The molecule has 1 nitrogen and oxygen atoms in total. The Hall–Kier alpha value is -1.19. The quantitative estimate of drug-likeness (QED) is 0.866. The molecule has 0 saturated carbocycles. The molecule has 1 unspecified atom stereocenters. The first-order valence-electron chi connectivity index (χ1n) is 5.19. The Kier molecular flexibility index (Phi) is 3.36. The smallest absolute Gasteiger partial charge is 0.123 e. The molecule has 0 saturated heterocycles. The number of aryl methyl sites for hydroxylation is 1. The Labute approximate surface area is 98.7 Å². The summed E-state index contributed by atoms with van der Waals surface area (Å²) in [7, 11) is 0. The number of thiophene rings is 1. The molecule has 0 fully saturated rings. The highest BCUT2D eigenvalue weighted by molar-refractivity contribution is 7.07. The molecule has 0 aliphatic rings. The van der Waals surface area contributed by atoms with Crippen LogP contribution in [0, 0.1) is 12.7 Å². The fourth-order valence-corrected chi connectivity index (χ4v) is 2.47. The summed E-state index contributed by atoms with van der Waals surface area (Å²) in [6, 6.07) is 6.70. The van der Waals surface area contributed by atoms with Gasteiger partial charge in [-0.2, -0.15) is 11.3 Å². The second-order valence-electron chi connectivity index (χ2n) is 3.94. The number of hydrogen-bond donors (Lipinski definition) is 1. The van der Waals surface area contributed by atoms with Crippen LogP contribution in [0.25, 0.3) is 0 Å². The van der Waals surface area contributed by atoms with Gasteiger partial charge in [-0.1, -0.05) is 6.07 Å². The Bertz CT molecular complexity index is 465. The largest absolute Gasteiger partial charge is 0.324 e. The summed E-state index contributed by atoms with van der Waals surface area (Å²) in [5.74, 6) is -0.221. The van der Waals surface area contributed by atoms with Gasteiger partial charge in [-0.3, -0.25) is 0 Å². The molecular weight excluding hydrogens is 221 g/mol. The lowest BCUT2D eigenvalue weighted by Gasteiger charge is -2.14. The third-order valence-corrected chi connectivity index (χ3v) is 3.41. The highest BCUT2D eigenvalue weighted by Crippen LogP contribution is 2.21. The van der Waals surface area contributed by atoms with E-state index >= 15 is 0 Å². The van der Waals surface area contributed by atoms with Crippen molar-refractivity contribution in [3.63, 3.8) is 0 Å². The van der Waals surface area contributed by atoms with Gasteiger partial charge in [-0.15, -0.1) is 0 Å². The normalized spacial score (nSPS) is 12.7. The molecule has 3 heteroatoms. The molecule has 0 bridgehead atoms. The van der Waals surface area contributed by atoms with Crippen molar-refractivity contribution in [3.05, 3.63) is 57.5 Å². The third-order valence-electron chi connectivity index (χ3n) is 2.68. The Morgan fingerprint density at radius 3 is 2.88 bits per heavy atom. The van der Waals surface area contributed by atoms with Crippen LogP contribution in [0.5, 0.6) is 0 Å². The molecule has 0 amide bonds.